The van der Waals surface area contributed by atoms with Crippen molar-refractivity contribution >= 4 is 24.5 Å². The van der Waals surface area contributed by atoms with Crippen LogP contribution in [-0.4, -0.2) is 36.4 Å². The number of halogens is 2. The van der Waals surface area contributed by atoms with E-state index in [9.17, 15) is 14.7 Å². The van der Waals surface area contributed by atoms with Crippen molar-refractivity contribution in [1.29, 1.82) is 0 Å². The zero-order valence-corrected chi connectivity index (χ0v) is 36.2. The lowest BCUT2D eigenvalue weighted by Gasteiger charge is -2.49. The van der Waals surface area contributed by atoms with E-state index in [1.54, 1.807) is 133 Å². The van der Waals surface area contributed by atoms with Crippen LogP contribution < -0.4 is 14.7 Å². The van der Waals surface area contributed by atoms with Gasteiger partial charge in [0, 0.05) is 0 Å². The molecule has 4 aliphatic rings. The van der Waals surface area contributed by atoms with Crippen molar-refractivity contribution in [3.05, 3.63) is 178 Å². The summed E-state index contributed by atoms with van der Waals surface area (Å²) in [4.78, 5) is 44.2. The molecule has 0 N–H and O–H groups in total. The second kappa shape index (κ2) is 19.3. The molecule has 5 atom stereocenters. The Bertz CT molecular complexity index is 2240. The second-order valence-corrected chi connectivity index (χ2v) is 20.0. The Morgan fingerprint density at radius 3 is 1.11 bits per heavy atom. The molecular weight excluding hydrogens is 883 g/mol. The molecule has 0 spiro atoms. The quantitative estimate of drug-likeness (QED) is 0.114. The van der Waals surface area contributed by atoms with Crippen LogP contribution in [0.2, 0.25) is 0 Å². The molecule has 14 nitrogen and oxygen atoms in total. The molecule has 0 saturated heterocycles. The van der Waals surface area contributed by atoms with E-state index in [0.717, 1.165) is 0 Å². The first kappa shape index (κ1) is 44.9. The van der Waals surface area contributed by atoms with E-state index >= 15 is 8.78 Å². The summed E-state index contributed by atoms with van der Waals surface area (Å²) in [5.41, 5.74) is 4.69. The number of ether oxygens (including phenoxy) is 2. The highest BCUT2D eigenvalue weighted by Gasteiger charge is 2.72. The number of alkyl halides is 2. The number of benzene rings is 5. The molecule has 3 aliphatic heterocycles. The lowest BCUT2D eigenvalue weighted by molar-refractivity contribution is -0.337. The SMILES string of the molecule is [O-][P+]1(O[C@H]2[C@@H](O[P+]3([O-])OCc4ccccc4CO3)[C@H](O[P+]3([O-])OCc4ccccc4CO3)C(F)(F)[C@H](OCc3ccccc3)[C@H]2OCc2ccccc2)OCc2ccccc2CO1. The molecule has 0 unspecified atom stereocenters. The number of fused-ring (bicyclic) bond motifs is 3. The molecule has 3 heterocycles. The van der Waals surface area contributed by atoms with Gasteiger partial charge in [0.25, 0.3) is 0 Å². The normalized spacial score (nSPS) is 25.9. The van der Waals surface area contributed by atoms with Crippen molar-refractivity contribution in [3.63, 3.8) is 0 Å². The molecule has 19 heteroatoms. The summed E-state index contributed by atoms with van der Waals surface area (Å²) < 4.78 is 101. The highest BCUT2D eigenvalue weighted by molar-refractivity contribution is 7.54. The number of phosphoric ester groups is 3. The summed E-state index contributed by atoms with van der Waals surface area (Å²) in [6.07, 6.45) is -11.5. The van der Waals surface area contributed by atoms with E-state index in [-0.39, 0.29) is 52.9 Å². The summed E-state index contributed by atoms with van der Waals surface area (Å²) in [6, 6.07) is 38.0. The van der Waals surface area contributed by atoms with Crippen molar-refractivity contribution < 1.29 is 73.6 Å². The van der Waals surface area contributed by atoms with Crippen molar-refractivity contribution in [3.8, 4) is 0 Å². The summed E-state index contributed by atoms with van der Waals surface area (Å²) >= 11 is 0. The van der Waals surface area contributed by atoms with E-state index in [0.29, 0.717) is 44.5 Å². The lowest BCUT2D eigenvalue weighted by atomic mass is 9.83. The summed E-state index contributed by atoms with van der Waals surface area (Å²) in [5.74, 6) is -4.28. The fraction of sp³-hybridized carbons (Fsp3) is 0.318. The lowest BCUT2D eigenvalue weighted by Crippen LogP contribution is -2.70. The van der Waals surface area contributed by atoms with E-state index in [1.165, 1.54) is 0 Å². The van der Waals surface area contributed by atoms with E-state index in [4.69, 9.17) is 50.2 Å². The molecule has 332 valence electrons. The van der Waals surface area contributed by atoms with Gasteiger partial charge < -0.3 is 24.2 Å². The van der Waals surface area contributed by atoms with E-state index < -0.39 is 61.0 Å². The molecule has 5 aromatic rings. The van der Waals surface area contributed by atoms with Gasteiger partial charge in [-0.15, -0.1) is 0 Å². The molecule has 63 heavy (non-hydrogen) atoms. The first-order chi connectivity index (χ1) is 30.5. The van der Waals surface area contributed by atoms with Crippen LogP contribution in [-0.2, 0) is 103 Å². The molecule has 1 saturated carbocycles. The van der Waals surface area contributed by atoms with Gasteiger partial charge in [-0.25, -0.2) is 8.78 Å². The van der Waals surface area contributed by atoms with Gasteiger partial charge in [0.05, 0.1) is 13.2 Å². The van der Waals surface area contributed by atoms with Crippen LogP contribution in [0, 0.1) is 0 Å². The molecular formula is C44H43F2O14P3. The van der Waals surface area contributed by atoms with Gasteiger partial charge in [0.2, 0.25) is 6.10 Å². The number of rotatable bonds is 12. The standard InChI is InChI=1S/C44H43F2O14P3/c45-44(46)42(51-24-32-15-5-2-6-16-32)40(50-23-31-13-3-1-4-14-31)39(58-61(47)52-25-33-17-7-8-18-34(33)26-53-61)41(59-62(48)54-27-35-19-9-10-20-36(35)28-55-62)43(44)60-63(49)56-29-37-21-11-12-22-38(37)30-57-63/h1-22,39-43H,23-30H2/t39-,40+,41-,42-,43+/m1/s1. The Labute approximate surface area is 364 Å². The second-order valence-electron chi connectivity index (χ2n) is 15.1. The molecule has 0 radical (unpaired) electrons. The average molecular weight is 927 g/mol. The highest BCUT2D eigenvalue weighted by atomic mass is 31.2. The molecule has 1 aliphatic carbocycles. The third kappa shape index (κ3) is 10.4. The van der Waals surface area contributed by atoms with Crippen LogP contribution in [0.5, 0.6) is 0 Å². The third-order valence-corrected chi connectivity index (χ3v) is 15.1. The largest absolute Gasteiger partial charge is 0.606 e. The fourth-order valence-electron chi connectivity index (χ4n) is 7.55. The van der Waals surface area contributed by atoms with Gasteiger partial charge >= 0.3 is 30.4 Å². The Hall–Kier alpha value is -3.31. The van der Waals surface area contributed by atoms with Gasteiger partial charge in [-0.05, 0) is 44.5 Å². The van der Waals surface area contributed by atoms with Crippen LogP contribution in [0.3, 0.4) is 0 Å². The van der Waals surface area contributed by atoms with Crippen LogP contribution >= 0.6 is 24.5 Å². The smallest absolute Gasteiger partial charge is 0.380 e. The van der Waals surface area contributed by atoms with Crippen molar-refractivity contribution in [1.82, 2.24) is 0 Å². The van der Waals surface area contributed by atoms with Gasteiger partial charge in [0.1, 0.15) is 45.7 Å². The number of hydrogen-bond donors (Lipinski definition) is 0. The molecule has 0 amide bonds. The molecule has 5 aromatic carbocycles. The third-order valence-electron chi connectivity index (χ3n) is 10.9. The predicted molar refractivity (Wildman–Crippen MR) is 218 cm³/mol. The van der Waals surface area contributed by atoms with Crippen LogP contribution in [0.25, 0.3) is 0 Å². The number of phosphoric acid groups is 3. The van der Waals surface area contributed by atoms with Crippen LogP contribution in [0.4, 0.5) is 8.78 Å². The minimum atomic E-state index is -4.99. The minimum Gasteiger partial charge on any atom is -0.606 e. The highest BCUT2D eigenvalue weighted by Crippen LogP contribution is 2.66. The Balaban J connectivity index is 1.14. The maximum Gasteiger partial charge on any atom is 0.380 e. The van der Waals surface area contributed by atoms with Crippen molar-refractivity contribution in [2.75, 3.05) is 0 Å². The first-order valence-corrected chi connectivity index (χ1v) is 24.5. The van der Waals surface area contributed by atoms with Gasteiger partial charge in [0.15, 0.2) is 18.3 Å². The zero-order valence-electron chi connectivity index (χ0n) is 33.6. The molecule has 0 aromatic heterocycles. The van der Waals surface area contributed by atoms with Gasteiger partial charge in [-0.1, -0.05) is 133 Å². The number of hydrogen-bond acceptors (Lipinski definition) is 14. The molecule has 0 bridgehead atoms. The summed E-state index contributed by atoms with van der Waals surface area (Å²) in [5, 5.41) is 0. The Kier molecular flexibility index (Phi) is 13.7. The maximum absolute atomic E-state index is 18.0. The maximum atomic E-state index is 18.0. The minimum absolute atomic E-state index is 0.258. The first-order valence-electron chi connectivity index (χ1n) is 20.1. The fourth-order valence-corrected chi connectivity index (χ4v) is 11.5. The Morgan fingerprint density at radius 2 is 0.730 bits per heavy atom. The topological polar surface area (TPSA) is 171 Å². The predicted octanol–water partition coefficient (Wildman–Crippen LogP) is 7.32. The zero-order chi connectivity index (χ0) is 43.5. The van der Waals surface area contributed by atoms with Crippen molar-refractivity contribution in [2.45, 2.75) is 89.3 Å². The van der Waals surface area contributed by atoms with Crippen LogP contribution in [0.1, 0.15) is 44.5 Å². The Morgan fingerprint density at radius 1 is 0.413 bits per heavy atom. The summed E-state index contributed by atoms with van der Waals surface area (Å²) in [6.45, 7) is -2.50. The van der Waals surface area contributed by atoms with Gasteiger partial charge in [-0.2, -0.15) is 40.7 Å². The van der Waals surface area contributed by atoms with E-state index in [2.05, 4.69) is 0 Å². The molecule has 1 fully saturated rings. The average Bonchev–Trinajstić information content (AvgIpc) is 3.67. The monoisotopic (exact) mass is 926 g/mol. The van der Waals surface area contributed by atoms with E-state index in [1.807, 2.05) is 0 Å². The van der Waals surface area contributed by atoms with Crippen molar-refractivity contribution in [2.24, 2.45) is 0 Å². The van der Waals surface area contributed by atoms with Gasteiger partial charge in [-0.3, -0.25) is 0 Å². The van der Waals surface area contributed by atoms with Crippen LogP contribution in [0.15, 0.2) is 133 Å². The summed E-state index contributed by atoms with van der Waals surface area (Å²) in [7, 11) is -14.7. The molecule has 9 rings (SSSR count).